The van der Waals surface area contributed by atoms with Crippen molar-refractivity contribution in [1.82, 2.24) is 14.9 Å². The SMILES string of the molecule is CN(C)c1cc(NC2CCN(CC3COCCO3)CC2)ncn1. The van der Waals surface area contributed by atoms with Crippen LogP contribution in [0.1, 0.15) is 12.8 Å². The van der Waals surface area contributed by atoms with Crippen molar-refractivity contribution in [2.75, 3.05) is 63.8 Å². The van der Waals surface area contributed by atoms with Crippen molar-refractivity contribution in [2.45, 2.75) is 25.0 Å². The lowest BCUT2D eigenvalue weighted by molar-refractivity contribution is -0.0986. The zero-order chi connectivity index (χ0) is 16.1. The summed E-state index contributed by atoms with van der Waals surface area (Å²) >= 11 is 0. The quantitative estimate of drug-likeness (QED) is 0.862. The predicted octanol–water partition coefficient (Wildman–Crippen LogP) is 0.834. The predicted molar refractivity (Wildman–Crippen MR) is 90.0 cm³/mol. The van der Waals surface area contributed by atoms with Gasteiger partial charge in [0.2, 0.25) is 0 Å². The van der Waals surface area contributed by atoms with Crippen molar-refractivity contribution >= 4 is 11.6 Å². The van der Waals surface area contributed by atoms with Crippen LogP contribution in [0.3, 0.4) is 0 Å². The second kappa shape index (κ2) is 7.90. The number of nitrogens with zero attached hydrogens (tertiary/aromatic N) is 4. The van der Waals surface area contributed by atoms with E-state index in [2.05, 4.69) is 20.2 Å². The van der Waals surface area contributed by atoms with Gasteiger partial charge in [0.25, 0.3) is 0 Å². The summed E-state index contributed by atoms with van der Waals surface area (Å²) in [6.07, 6.45) is 4.09. The lowest BCUT2D eigenvalue weighted by Crippen LogP contribution is -2.45. The Kier molecular flexibility index (Phi) is 5.64. The largest absolute Gasteiger partial charge is 0.376 e. The molecule has 0 aliphatic carbocycles. The standard InChI is InChI=1S/C16H27N5O2/c1-20(2)16-9-15(17-12-18-16)19-13-3-5-21(6-4-13)10-14-11-22-7-8-23-14/h9,12-14H,3-8,10-11H2,1-2H3,(H,17,18,19). The maximum absolute atomic E-state index is 5.73. The summed E-state index contributed by atoms with van der Waals surface area (Å²) in [4.78, 5) is 13.0. The zero-order valence-electron chi connectivity index (χ0n) is 14.1. The second-order valence-electron chi connectivity index (χ2n) is 6.44. The highest BCUT2D eigenvalue weighted by Crippen LogP contribution is 2.18. The molecule has 7 heteroatoms. The van der Waals surface area contributed by atoms with Crippen molar-refractivity contribution in [2.24, 2.45) is 0 Å². The average Bonchev–Trinajstić information content (AvgIpc) is 2.58. The molecular weight excluding hydrogens is 294 g/mol. The normalized spacial score (nSPS) is 23.7. The van der Waals surface area contributed by atoms with Gasteiger partial charge in [0.15, 0.2) is 0 Å². The summed E-state index contributed by atoms with van der Waals surface area (Å²) in [6.45, 7) is 5.34. The van der Waals surface area contributed by atoms with Crippen molar-refractivity contribution in [3.63, 3.8) is 0 Å². The highest BCUT2D eigenvalue weighted by Gasteiger charge is 2.23. The van der Waals surface area contributed by atoms with Gasteiger partial charge >= 0.3 is 0 Å². The van der Waals surface area contributed by atoms with E-state index >= 15 is 0 Å². The number of rotatable bonds is 5. The molecule has 2 aliphatic rings. The maximum Gasteiger partial charge on any atom is 0.133 e. The number of piperidine rings is 1. The van der Waals surface area contributed by atoms with Crippen LogP contribution in [0.5, 0.6) is 0 Å². The van der Waals surface area contributed by atoms with Gasteiger partial charge < -0.3 is 24.6 Å². The zero-order valence-corrected chi connectivity index (χ0v) is 14.1. The second-order valence-corrected chi connectivity index (χ2v) is 6.44. The molecule has 1 N–H and O–H groups in total. The molecule has 0 bridgehead atoms. The lowest BCUT2D eigenvalue weighted by Gasteiger charge is -2.35. The number of nitrogens with one attached hydrogen (secondary N) is 1. The van der Waals surface area contributed by atoms with Crippen LogP contribution in [0.25, 0.3) is 0 Å². The van der Waals surface area contributed by atoms with E-state index in [-0.39, 0.29) is 6.10 Å². The van der Waals surface area contributed by atoms with E-state index in [1.807, 2.05) is 25.1 Å². The van der Waals surface area contributed by atoms with Crippen LogP contribution in [0.15, 0.2) is 12.4 Å². The smallest absolute Gasteiger partial charge is 0.133 e. The first-order valence-electron chi connectivity index (χ1n) is 8.38. The molecule has 0 spiro atoms. The van der Waals surface area contributed by atoms with Crippen LogP contribution in [0.4, 0.5) is 11.6 Å². The Morgan fingerprint density at radius 3 is 2.78 bits per heavy atom. The highest BCUT2D eigenvalue weighted by atomic mass is 16.6. The van der Waals surface area contributed by atoms with E-state index in [1.165, 1.54) is 0 Å². The summed E-state index contributed by atoms with van der Waals surface area (Å²) in [5.74, 6) is 1.83. The summed E-state index contributed by atoms with van der Waals surface area (Å²) in [5, 5.41) is 3.54. The molecule has 0 amide bonds. The first-order valence-corrected chi connectivity index (χ1v) is 8.38. The van der Waals surface area contributed by atoms with Gasteiger partial charge in [0, 0.05) is 45.8 Å². The Hall–Kier alpha value is -1.44. The summed E-state index contributed by atoms with van der Waals surface area (Å²) in [5.41, 5.74) is 0. The molecule has 1 aromatic heterocycles. The third-order valence-electron chi connectivity index (χ3n) is 4.40. The molecule has 3 rings (SSSR count). The molecule has 2 fully saturated rings. The van der Waals surface area contributed by atoms with Crippen LogP contribution in [0.2, 0.25) is 0 Å². The van der Waals surface area contributed by atoms with Gasteiger partial charge in [-0.15, -0.1) is 0 Å². The number of aromatic nitrogens is 2. The fraction of sp³-hybridized carbons (Fsp3) is 0.750. The first-order chi connectivity index (χ1) is 11.2. The Morgan fingerprint density at radius 1 is 1.26 bits per heavy atom. The monoisotopic (exact) mass is 321 g/mol. The molecule has 23 heavy (non-hydrogen) atoms. The molecule has 1 unspecified atom stereocenters. The molecule has 1 atom stereocenters. The summed E-state index contributed by atoms with van der Waals surface area (Å²) in [6, 6.07) is 2.47. The van der Waals surface area contributed by atoms with E-state index in [9.17, 15) is 0 Å². The van der Waals surface area contributed by atoms with Gasteiger partial charge in [0.05, 0.1) is 25.9 Å². The minimum absolute atomic E-state index is 0.234. The van der Waals surface area contributed by atoms with Gasteiger partial charge in [-0.2, -0.15) is 0 Å². The minimum Gasteiger partial charge on any atom is -0.376 e. The molecule has 2 aliphatic heterocycles. The lowest BCUT2D eigenvalue weighted by atomic mass is 10.0. The van der Waals surface area contributed by atoms with Gasteiger partial charge in [0.1, 0.15) is 18.0 Å². The minimum atomic E-state index is 0.234. The number of ether oxygens (including phenoxy) is 2. The Morgan fingerprint density at radius 2 is 2.09 bits per heavy atom. The number of anilines is 2. The van der Waals surface area contributed by atoms with Crippen LogP contribution in [0, 0.1) is 0 Å². The van der Waals surface area contributed by atoms with E-state index in [1.54, 1.807) is 6.33 Å². The molecule has 0 radical (unpaired) electrons. The number of hydrogen-bond donors (Lipinski definition) is 1. The van der Waals surface area contributed by atoms with Crippen molar-refractivity contribution in [3.05, 3.63) is 12.4 Å². The fourth-order valence-electron chi connectivity index (χ4n) is 3.07. The Labute approximate surface area is 138 Å². The number of hydrogen-bond acceptors (Lipinski definition) is 7. The molecule has 3 heterocycles. The maximum atomic E-state index is 5.73. The van der Waals surface area contributed by atoms with Crippen LogP contribution >= 0.6 is 0 Å². The molecule has 7 nitrogen and oxygen atoms in total. The summed E-state index contributed by atoms with van der Waals surface area (Å²) < 4.78 is 11.2. The third-order valence-corrected chi connectivity index (χ3v) is 4.40. The molecular formula is C16H27N5O2. The molecule has 0 aromatic carbocycles. The van der Waals surface area contributed by atoms with Gasteiger partial charge in [-0.05, 0) is 12.8 Å². The molecule has 0 saturated carbocycles. The third kappa shape index (κ3) is 4.76. The van der Waals surface area contributed by atoms with Gasteiger partial charge in [-0.25, -0.2) is 9.97 Å². The van der Waals surface area contributed by atoms with Crippen LogP contribution < -0.4 is 10.2 Å². The first kappa shape index (κ1) is 16.4. The van der Waals surface area contributed by atoms with Crippen molar-refractivity contribution in [1.29, 1.82) is 0 Å². The van der Waals surface area contributed by atoms with E-state index < -0.39 is 0 Å². The fourth-order valence-corrected chi connectivity index (χ4v) is 3.07. The topological polar surface area (TPSA) is 62.8 Å². The Balaban J connectivity index is 1.44. The van der Waals surface area contributed by atoms with Crippen molar-refractivity contribution in [3.8, 4) is 0 Å². The van der Waals surface area contributed by atoms with E-state index in [4.69, 9.17) is 9.47 Å². The Bertz CT molecular complexity index is 485. The van der Waals surface area contributed by atoms with Crippen LogP contribution in [-0.2, 0) is 9.47 Å². The average molecular weight is 321 g/mol. The van der Waals surface area contributed by atoms with Crippen molar-refractivity contribution < 1.29 is 9.47 Å². The summed E-state index contributed by atoms with van der Waals surface area (Å²) in [7, 11) is 3.98. The van der Waals surface area contributed by atoms with Gasteiger partial charge in [-0.3, -0.25) is 0 Å². The molecule has 2 saturated heterocycles. The van der Waals surface area contributed by atoms with E-state index in [0.29, 0.717) is 6.04 Å². The molecule has 1 aromatic rings. The molecule has 128 valence electrons. The highest BCUT2D eigenvalue weighted by molar-refractivity contribution is 5.47. The van der Waals surface area contributed by atoms with E-state index in [0.717, 1.165) is 63.9 Å². The van der Waals surface area contributed by atoms with Gasteiger partial charge in [-0.1, -0.05) is 0 Å². The number of likely N-dealkylation sites (tertiary alicyclic amines) is 1. The van der Waals surface area contributed by atoms with Crippen LogP contribution in [-0.4, -0.2) is 80.6 Å².